The van der Waals surface area contributed by atoms with Crippen LogP contribution in [0.15, 0.2) is 73.1 Å². The number of benzene rings is 1. The number of hydrogen-bond donors (Lipinski definition) is 2. The molecule has 0 amide bonds. The lowest BCUT2D eigenvalue weighted by Crippen LogP contribution is -2.31. The van der Waals surface area contributed by atoms with E-state index < -0.39 is 11.9 Å². The highest BCUT2D eigenvalue weighted by atomic mass is 16.4. The molecule has 0 aliphatic rings. The molecule has 4 rings (SSSR count). The lowest BCUT2D eigenvalue weighted by molar-refractivity contribution is -0.660. The zero-order valence-electron chi connectivity index (χ0n) is 21.0. The number of aryl methyl sites for hydroxylation is 2. The Hall–Kier alpha value is -4.39. The van der Waals surface area contributed by atoms with Gasteiger partial charge in [0.1, 0.15) is 12.7 Å². The number of carbonyl (C=O) groups is 2. The van der Waals surface area contributed by atoms with Gasteiger partial charge in [-0.2, -0.15) is 4.57 Å². The molecule has 1 aromatic carbocycles. The van der Waals surface area contributed by atoms with Crippen LogP contribution in [0, 0.1) is 0 Å². The molecule has 2 N–H and O–H groups in total. The highest BCUT2D eigenvalue weighted by Gasteiger charge is 2.19. The van der Waals surface area contributed by atoms with Crippen LogP contribution in [-0.2, 0) is 13.5 Å². The molecule has 0 radical (unpaired) electrons. The van der Waals surface area contributed by atoms with E-state index in [0.717, 1.165) is 17.5 Å². The maximum Gasteiger partial charge on any atom is 0.336 e. The maximum absolute atomic E-state index is 11.8. The average Bonchev–Trinajstić information content (AvgIpc) is 2.91. The quantitative estimate of drug-likeness (QED) is 0.212. The molecule has 188 valence electrons. The van der Waals surface area contributed by atoms with Crippen LogP contribution in [0.5, 0.6) is 0 Å². The van der Waals surface area contributed by atoms with Crippen molar-refractivity contribution in [2.24, 2.45) is 7.05 Å². The molecular formula is C30H30N3O4+. The van der Waals surface area contributed by atoms with Crippen LogP contribution in [-0.4, -0.2) is 32.1 Å². The highest BCUT2D eigenvalue weighted by Crippen LogP contribution is 2.26. The second kappa shape index (κ2) is 11.6. The number of carboxylic acids is 2. The van der Waals surface area contributed by atoms with E-state index >= 15 is 0 Å². The molecule has 37 heavy (non-hydrogen) atoms. The van der Waals surface area contributed by atoms with Crippen molar-refractivity contribution in [3.8, 4) is 33.9 Å². The molecule has 0 atom stereocenters. The summed E-state index contributed by atoms with van der Waals surface area (Å²) in [6.45, 7) is 2.21. The van der Waals surface area contributed by atoms with Gasteiger partial charge in [-0.05, 0) is 42.2 Å². The van der Waals surface area contributed by atoms with Crippen LogP contribution in [0.4, 0.5) is 0 Å². The second-order valence-corrected chi connectivity index (χ2v) is 9.09. The van der Waals surface area contributed by atoms with Gasteiger partial charge in [-0.1, -0.05) is 56.5 Å². The number of rotatable bonds is 10. The fourth-order valence-electron chi connectivity index (χ4n) is 4.21. The molecule has 0 saturated carbocycles. The first-order valence-electron chi connectivity index (χ1n) is 12.4. The lowest BCUT2D eigenvalue weighted by Gasteiger charge is -2.08. The first-order valence-corrected chi connectivity index (χ1v) is 12.4. The van der Waals surface area contributed by atoms with Gasteiger partial charge in [-0.3, -0.25) is 4.98 Å². The van der Waals surface area contributed by atoms with Crippen LogP contribution < -0.4 is 4.57 Å². The Labute approximate surface area is 216 Å². The third kappa shape index (κ3) is 6.25. The Morgan fingerprint density at radius 2 is 1.49 bits per heavy atom. The molecule has 0 aliphatic heterocycles. The van der Waals surface area contributed by atoms with Crippen LogP contribution >= 0.6 is 0 Å². The van der Waals surface area contributed by atoms with Gasteiger partial charge in [0.05, 0.1) is 22.5 Å². The van der Waals surface area contributed by atoms with Gasteiger partial charge in [-0.25, -0.2) is 14.6 Å². The van der Waals surface area contributed by atoms with Gasteiger partial charge in [0, 0.05) is 23.9 Å². The fraction of sp³-hybridized carbons (Fsp3) is 0.233. The maximum atomic E-state index is 11.8. The van der Waals surface area contributed by atoms with Gasteiger partial charge in [0.15, 0.2) is 6.20 Å². The predicted octanol–water partition coefficient (Wildman–Crippen LogP) is 5.82. The van der Waals surface area contributed by atoms with Crippen molar-refractivity contribution in [3.05, 3.63) is 89.7 Å². The summed E-state index contributed by atoms with van der Waals surface area (Å²) in [4.78, 5) is 32.5. The van der Waals surface area contributed by atoms with Crippen molar-refractivity contribution < 1.29 is 24.4 Å². The number of aromatic nitrogens is 3. The number of hydrogen-bond acceptors (Lipinski definition) is 4. The smallest absolute Gasteiger partial charge is 0.336 e. The van der Waals surface area contributed by atoms with Gasteiger partial charge >= 0.3 is 11.9 Å². The van der Waals surface area contributed by atoms with E-state index in [1.54, 1.807) is 24.0 Å². The summed E-state index contributed by atoms with van der Waals surface area (Å²) >= 11 is 0. The fourth-order valence-corrected chi connectivity index (χ4v) is 4.21. The number of carboxylic acid groups (broad SMARTS) is 2. The third-order valence-electron chi connectivity index (χ3n) is 6.36. The number of pyridine rings is 3. The van der Waals surface area contributed by atoms with E-state index in [-0.39, 0.29) is 11.1 Å². The number of unbranched alkanes of at least 4 members (excludes halogenated alkanes) is 3. The Balaban J connectivity index is 1.62. The van der Waals surface area contributed by atoms with Gasteiger partial charge in [0.2, 0.25) is 5.69 Å². The van der Waals surface area contributed by atoms with E-state index in [1.165, 1.54) is 55.5 Å². The standard InChI is InChI=1S/C30H29N3O4/c1-3-4-5-6-7-20-8-10-21(11-9-20)23-12-13-25(31-19-23)26-16-24(30(36)37)17-27(32-26)28-18-22(29(34)35)14-15-33(28)2/h8-19H,3-7H2,1-2H3,(H-,34,35,36,37)/p+1. The van der Waals surface area contributed by atoms with Crippen LogP contribution in [0.25, 0.3) is 33.9 Å². The van der Waals surface area contributed by atoms with E-state index in [2.05, 4.69) is 41.2 Å². The molecule has 3 heterocycles. The molecule has 4 aromatic rings. The Morgan fingerprint density at radius 1 is 0.784 bits per heavy atom. The minimum Gasteiger partial charge on any atom is -0.478 e. The van der Waals surface area contributed by atoms with Crippen LogP contribution in [0.1, 0.15) is 58.9 Å². The van der Waals surface area contributed by atoms with Crippen molar-refractivity contribution in [1.29, 1.82) is 0 Å². The molecular weight excluding hydrogens is 466 g/mol. The van der Waals surface area contributed by atoms with Gasteiger partial charge in [0.25, 0.3) is 0 Å². The normalized spacial score (nSPS) is 10.9. The van der Waals surface area contributed by atoms with E-state index in [0.29, 0.717) is 22.8 Å². The van der Waals surface area contributed by atoms with Crippen molar-refractivity contribution in [2.45, 2.75) is 39.0 Å². The molecule has 7 heteroatoms. The monoisotopic (exact) mass is 496 g/mol. The van der Waals surface area contributed by atoms with Gasteiger partial charge in [-0.15, -0.1) is 0 Å². The summed E-state index contributed by atoms with van der Waals surface area (Å²) in [6.07, 6.45) is 9.41. The first kappa shape index (κ1) is 25.7. The summed E-state index contributed by atoms with van der Waals surface area (Å²) < 4.78 is 1.70. The van der Waals surface area contributed by atoms with Crippen LogP contribution in [0.3, 0.4) is 0 Å². The first-order chi connectivity index (χ1) is 17.9. The van der Waals surface area contributed by atoms with Crippen LogP contribution in [0.2, 0.25) is 0 Å². The summed E-state index contributed by atoms with van der Waals surface area (Å²) in [5.41, 5.74) is 5.22. The molecule has 0 bridgehead atoms. The van der Waals surface area contributed by atoms with Crippen molar-refractivity contribution in [2.75, 3.05) is 0 Å². The second-order valence-electron chi connectivity index (χ2n) is 9.09. The van der Waals surface area contributed by atoms with E-state index in [9.17, 15) is 19.8 Å². The Morgan fingerprint density at radius 3 is 2.14 bits per heavy atom. The Kier molecular flexibility index (Phi) is 8.03. The minimum absolute atomic E-state index is 0.0427. The van der Waals surface area contributed by atoms with Crippen molar-refractivity contribution in [3.63, 3.8) is 0 Å². The molecule has 0 unspecified atom stereocenters. The molecule has 0 fully saturated rings. The average molecular weight is 497 g/mol. The van der Waals surface area contributed by atoms with Crippen molar-refractivity contribution in [1.82, 2.24) is 9.97 Å². The molecule has 0 saturated heterocycles. The minimum atomic E-state index is -1.10. The topological polar surface area (TPSA) is 104 Å². The predicted molar refractivity (Wildman–Crippen MR) is 141 cm³/mol. The van der Waals surface area contributed by atoms with Gasteiger partial charge < -0.3 is 10.2 Å². The molecule has 3 aromatic heterocycles. The largest absolute Gasteiger partial charge is 0.478 e. The summed E-state index contributed by atoms with van der Waals surface area (Å²) in [5, 5.41) is 19.1. The summed E-state index contributed by atoms with van der Waals surface area (Å²) in [6, 6.07) is 18.1. The number of nitrogens with zero attached hydrogens (tertiary/aromatic N) is 3. The highest BCUT2D eigenvalue weighted by molar-refractivity contribution is 5.91. The lowest BCUT2D eigenvalue weighted by atomic mass is 10.0. The zero-order valence-corrected chi connectivity index (χ0v) is 21.0. The molecule has 0 aliphatic carbocycles. The summed E-state index contributed by atoms with van der Waals surface area (Å²) in [5.74, 6) is -2.17. The Bertz CT molecular complexity index is 1410. The number of aromatic carboxylic acids is 2. The summed E-state index contributed by atoms with van der Waals surface area (Å²) in [7, 11) is 1.75. The molecule has 0 spiro atoms. The van der Waals surface area contributed by atoms with E-state index in [1.807, 2.05) is 12.1 Å². The van der Waals surface area contributed by atoms with E-state index in [4.69, 9.17) is 0 Å². The third-order valence-corrected chi connectivity index (χ3v) is 6.36. The van der Waals surface area contributed by atoms with Crippen molar-refractivity contribution >= 4 is 11.9 Å². The zero-order chi connectivity index (χ0) is 26.4. The SMILES string of the molecule is CCCCCCc1ccc(-c2ccc(-c3cc(C(=O)O)cc(-c4cc(C(=O)O)cc[n+]4C)n3)nc2)cc1. The molecule has 7 nitrogen and oxygen atoms in total.